The molecule has 0 atom stereocenters. The second-order valence-electron chi connectivity index (χ2n) is 5.58. The summed E-state index contributed by atoms with van der Waals surface area (Å²) in [5.41, 5.74) is 1.07. The molecule has 0 heterocycles. The monoisotopic (exact) mass is 359 g/mol. The average Bonchev–Trinajstić information content (AvgIpc) is 2.56. The Kier molecular flexibility index (Phi) is 6.44. The zero-order valence-electron chi connectivity index (χ0n) is 14.3. The predicted molar refractivity (Wildman–Crippen MR) is 98.3 cm³/mol. The fraction of sp³-hybridized carbons (Fsp3) is 0.250. The molecule has 2 rings (SSSR count). The number of ether oxygens (including phenoxy) is 2. The van der Waals surface area contributed by atoms with Gasteiger partial charge in [-0.05, 0) is 50.6 Å². The molecule has 0 unspecified atom stereocenters. The van der Waals surface area contributed by atoms with Gasteiger partial charge in [0.2, 0.25) is 0 Å². The van der Waals surface area contributed by atoms with Crippen molar-refractivity contribution in [3.8, 4) is 17.6 Å². The highest BCUT2D eigenvalue weighted by atomic mass is 35.5. The van der Waals surface area contributed by atoms with Crippen LogP contribution < -0.4 is 9.47 Å². The summed E-state index contributed by atoms with van der Waals surface area (Å²) in [7, 11) is 0. The zero-order valence-corrected chi connectivity index (χ0v) is 15.1. The summed E-state index contributed by atoms with van der Waals surface area (Å²) in [6, 6.07) is 11.6. The van der Waals surface area contributed by atoms with Crippen LogP contribution >= 0.6 is 11.6 Å². The van der Waals surface area contributed by atoms with Gasteiger partial charge in [-0.1, -0.05) is 29.8 Å². The van der Waals surface area contributed by atoms with Crippen LogP contribution in [-0.2, 0) is 0 Å². The Balaban J connectivity index is 2.52. The van der Waals surface area contributed by atoms with Gasteiger partial charge >= 0.3 is 0 Å². The average molecular weight is 360 g/mol. The highest BCUT2D eigenvalue weighted by Gasteiger charge is 2.14. The van der Waals surface area contributed by atoms with E-state index in [-0.39, 0.29) is 17.2 Å². The van der Waals surface area contributed by atoms with Crippen LogP contribution in [0.1, 0.15) is 31.9 Å². The van der Waals surface area contributed by atoms with Gasteiger partial charge in [0.25, 0.3) is 0 Å². The van der Waals surface area contributed by atoms with E-state index >= 15 is 0 Å². The smallest absolute Gasteiger partial charge is 0.180 e. The van der Waals surface area contributed by atoms with Gasteiger partial charge in [0.1, 0.15) is 5.82 Å². The maximum atomic E-state index is 14.0. The molecule has 0 amide bonds. The minimum Gasteiger partial charge on any atom is -0.490 e. The van der Waals surface area contributed by atoms with Crippen molar-refractivity contribution in [2.24, 2.45) is 0 Å². The Labute approximate surface area is 152 Å². The van der Waals surface area contributed by atoms with E-state index in [4.69, 9.17) is 21.1 Å². The molecule has 3 nitrogen and oxygen atoms in total. The summed E-state index contributed by atoms with van der Waals surface area (Å²) >= 11 is 6.33. The number of hydrogen-bond acceptors (Lipinski definition) is 3. The van der Waals surface area contributed by atoms with Gasteiger partial charge in [-0.3, -0.25) is 0 Å². The molecule has 0 fully saturated rings. The molecule has 130 valence electrons. The minimum absolute atomic E-state index is 0.0637. The first-order chi connectivity index (χ1) is 12.0. The van der Waals surface area contributed by atoms with Crippen LogP contribution in [0.15, 0.2) is 36.4 Å². The Morgan fingerprint density at radius 2 is 2.04 bits per heavy atom. The summed E-state index contributed by atoms with van der Waals surface area (Å²) in [4.78, 5) is 0. The maximum absolute atomic E-state index is 14.0. The fourth-order valence-electron chi connectivity index (χ4n) is 2.30. The van der Waals surface area contributed by atoms with Gasteiger partial charge in [0.05, 0.1) is 29.4 Å². The Hall–Kier alpha value is -2.51. The van der Waals surface area contributed by atoms with E-state index in [9.17, 15) is 9.65 Å². The molecule has 25 heavy (non-hydrogen) atoms. The van der Waals surface area contributed by atoms with E-state index in [1.54, 1.807) is 36.4 Å². The van der Waals surface area contributed by atoms with Crippen molar-refractivity contribution < 1.29 is 13.9 Å². The summed E-state index contributed by atoms with van der Waals surface area (Å²) < 4.78 is 25.3. The summed E-state index contributed by atoms with van der Waals surface area (Å²) in [5, 5.41) is 9.78. The molecular formula is C20H19ClFNO2. The number of halogens is 2. The van der Waals surface area contributed by atoms with Gasteiger partial charge < -0.3 is 9.47 Å². The number of hydrogen-bond donors (Lipinski definition) is 0. The molecule has 0 aliphatic heterocycles. The molecule has 0 aliphatic carbocycles. The van der Waals surface area contributed by atoms with Gasteiger partial charge in [0, 0.05) is 5.56 Å². The van der Waals surface area contributed by atoms with Crippen LogP contribution in [0.5, 0.6) is 11.5 Å². The van der Waals surface area contributed by atoms with Crippen LogP contribution in [0, 0.1) is 17.1 Å². The van der Waals surface area contributed by atoms with Crippen LogP contribution in [0.3, 0.4) is 0 Å². The summed E-state index contributed by atoms with van der Waals surface area (Å²) in [6.45, 7) is 6.09. The molecule has 0 saturated heterocycles. The second-order valence-corrected chi connectivity index (χ2v) is 5.99. The van der Waals surface area contributed by atoms with Crippen molar-refractivity contribution in [2.45, 2.75) is 26.9 Å². The van der Waals surface area contributed by atoms with Crippen LogP contribution in [0.25, 0.3) is 11.6 Å². The number of rotatable bonds is 6. The third kappa shape index (κ3) is 4.74. The lowest BCUT2D eigenvalue weighted by molar-refractivity contribution is 0.224. The lowest BCUT2D eigenvalue weighted by Gasteiger charge is -2.16. The lowest BCUT2D eigenvalue weighted by atomic mass is 10.0. The minimum atomic E-state index is -0.453. The SMILES string of the molecule is CCOc1cc(/C=C(/C#N)c2ccccc2F)cc(Cl)c1OC(C)C. The number of benzene rings is 2. The highest BCUT2D eigenvalue weighted by Crippen LogP contribution is 2.38. The normalized spacial score (nSPS) is 11.3. The standard InChI is InChI=1S/C20H19ClFNO2/c1-4-24-19-11-14(10-17(21)20(19)25-13(2)3)9-15(12-23)16-7-5-6-8-18(16)22/h5-11,13H,4H2,1-3H3/b15-9-. The van der Waals surface area contributed by atoms with Crippen LogP contribution in [0.2, 0.25) is 5.02 Å². The first-order valence-corrected chi connectivity index (χ1v) is 8.33. The van der Waals surface area contributed by atoms with Gasteiger partial charge in [-0.25, -0.2) is 4.39 Å². The van der Waals surface area contributed by atoms with E-state index in [1.165, 1.54) is 6.07 Å². The van der Waals surface area contributed by atoms with E-state index in [0.29, 0.717) is 28.7 Å². The summed E-state index contributed by atoms with van der Waals surface area (Å²) in [6.07, 6.45) is 1.51. The van der Waals surface area contributed by atoms with Crippen LogP contribution in [0.4, 0.5) is 4.39 Å². The number of nitrogens with zero attached hydrogens (tertiary/aromatic N) is 1. The van der Waals surface area contributed by atoms with E-state index in [1.807, 2.05) is 26.8 Å². The fourth-order valence-corrected chi connectivity index (χ4v) is 2.56. The lowest BCUT2D eigenvalue weighted by Crippen LogP contribution is -2.08. The van der Waals surface area contributed by atoms with Crippen molar-refractivity contribution in [1.82, 2.24) is 0 Å². The number of allylic oxidation sites excluding steroid dienone is 1. The largest absolute Gasteiger partial charge is 0.490 e. The molecule has 2 aromatic rings. The molecule has 2 aromatic carbocycles. The first-order valence-electron chi connectivity index (χ1n) is 7.96. The molecule has 0 radical (unpaired) electrons. The maximum Gasteiger partial charge on any atom is 0.180 e. The topological polar surface area (TPSA) is 42.2 Å². The molecule has 0 spiro atoms. The van der Waals surface area contributed by atoms with Crippen molar-refractivity contribution in [1.29, 1.82) is 5.26 Å². The van der Waals surface area contributed by atoms with E-state index in [0.717, 1.165) is 0 Å². The van der Waals surface area contributed by atoms with E-state index < -0.39 is 5.82 Å². The quantitative estimate of drug-likeness (QED) is 0.488. The molecule has 0 N–H and O–H groups in total. The molecule has 0 aromatic heterocycles. The third-order valence-electron chi connectivity index (χ3n) is 3.28. The van der Waals surface area contributed by atoms with E-state index in [2.05, 4.69) is 0 Å². The predicted octanol–water partition coefficient (Wildman–Crippen LogP) is 5.73. The molecular weight excluding hydrogens is 341 g/mol. The second kappa shape index (κ2) is 8.55. The zero-order chi connectivity index (χ0) is 18.4. The Morgan fingerprint density at radius 3 is 2.64 bits per heavy atom. The van der Waals surface area contributed by atoms with Gasteiger partial charge in [-0.2, -0.15) is 5.26 Å². The summed E-state index contributed by atoms with van der Waals surface area (Å²) in [5.74, 6) is 0.493. The number of nitriles is 1. The molecule has 0 aliphatic rings. The van der Waals surface area contributed by atoms with Gasteiger partial charge in [0.15, 0.2) is 11.5 Å². The Bertz CT molecular complexity index is 825. The van der Waals surface area contributed by atoms with Gasteiger partial charge in [-0.15, -0.1) is 0 Å². The van der Waals surface area contributed by atoms with Crippen molar-refractivity contribution in [3.63, 3.8) is 0 Å². The Morgan fingerprint density at radius 1 is 1.32 bits per heavy atom. The van der Waals surface area contributed by atoms with Crippen LogP contribution in [-0.4, -0.2) is 12.7 Å². The third-order valence-corrected chi connectivity index (χ3v) is 3.56. The van der Waals surface area contributed by atoms with Crippen molar-refractivity contribution in [3.05, 3.63) is 58.4 Å². The highest BCUT2D eigenvalue weighted by molar-refractivity contribution is 6.32. The van der Waals surface area contributed by atoms with Crippen molar-refractivity contribution in [2.75, 3.05) is 6.61 Å². The molecule has 5 heteroatoms. The van der Waals surface area contributed by atoms with Crippen molar-refractivity contribution >= 4 is 23.3 Å². The first kappa shape index (κ1) is 18.8. The molecule has 0 saturated carbocycles. The molecule has 0 bridgehead atoms.